The SMILES string of the molecule is O=C([O-])Cn1cc(C2(O)COC2)nn1.[Na+]. The molecule has 0 bridgehead atoms. The van der Waals surface area contributed by atoms with E-state index in [1.165, 1.54) is 6.20 Å². The molecule has 1 aliphatic heterocycles. The molecule has 0 radical (unpaired) electrons. The second-order valence-corrected chi connectivity index (χ2v) is 3.20. The van der Waals surface area contributed by atoms with Crippen molar-refractivity contribution in [2.24, 2.45) is 0 Å². The molecule has 0 unspecified atom stereocenters. The summed E-state index contributed by atoms with van der Waals surface area (Å²) in [6.45, 7) is -0.0437. The first-order valence-electron chi connectivity index (χ1n) is 4.01. The van der Waals surface area contributed by atoms with Crippen LogP contribution in [-0.4, -0.2) is 39.3 Å². The molecule has 1 fully saturated rings. The van der Waals surface area contributed by atoms with Crippen LogP contribution in [0.1, 0.15) is 5.69 Å². The molecule has 1 aromatic rings. The van der Waals surface area contributed by atoms with E-state index >= 15 is 0 Å². The summed E-state index contributed by atoms with van der Waals surface area (Å²) >= 11 is 0. The molecule has 0 spiro atoms. The fourth-order valence-electron chi connectivity index (χ4n) is 1.16. The summed E-state index contributed by atoms with van der Waals surface area (Å²) < 4.78 is 5.93. The summed E-state index contributed by atoms with van der Waals surface area (Å²) in [7, 11) is 0. The second kappa shape index (κ2) is 4.58. The Kier molecular flexibility index (Phi) is 3.85. The third kappa shape index (κ3) is 2.56. The minimum absolute atomic E-state index is 0. The fraction of sp³-hybridized carbons (Fsp3) is 0.571. The van der Waals surface area contributed by atoms with Crippen molar-refractivity contribution in [2.45, 2.75) is 12.1 Å². The van der Waals surface area contributed by atoms with E-state index < -0.39 is 11.6 Å². The van der Waals surface area contributed by atoms with Gasteiger partial charge in [0.1, 0.15) is 5.69 Å². The van der Waals surface area contributed by atoms with Gasteiger partial charge in [-0.25, -0.2) is 4.68 Å². The largest absolute Gasteiger partial charge is 1.00 e. The molecule has 0 atom stereocenters. The van der Waals surface area contributed by atoms with Crippen molar-refractivity contribution in [3.05, 3.63) is 11.9 Å². The number of carboxylic acids is 1. The van der Waals surface area contributed by atoms with Gasteiger partial charge >= 0.3 is 29.6 Å². The number of carboxylic acid groups (broad SMARTS) is 1. The maximum absolute atomic E-state index is 10.2. The average molecular weight is 221 g/mol. The Morgan fingerprint density at radius 1 is 1.73 bits per heavy atom. The number of ether oxygens (including phenoxy) is 1. The Labute approximate surface area is 107 Å². The summed E-state index contributed by atoms with van der Waals surface area (Å²) in [6.07, 6.45) is 1.37. The van der Waals surface area contributed by atoms with Crippen LogP contribution in [0.4, 0.5) is 0 Å². The summed E-state index contributed by atoms with van der Waals surface area (Å²) in [5, 5.41) is 27.1. The predicted octanol–water partition coefficient (Wildman–Crippen LogP) is -5.75. The van der Waals surface area contributed by atoms with Gasteiger partial charge in [-0.3, -0.25) is 0 Å². The molecule has 7 nitrogen and oxygen atoms in total. The fourth-order valence-corrected chi connectivity index (χ4v) is 1.16. The predicted molar refractivity (Wildman–Crippen MR) is 39.7 cm³/mol. The first-order chi connectivity index (χ1) is 6.60. The Bertz CT molecular complexity index is 363. The smallest absolute Gasteiger partial charge is 0.548 e. The summed E-state index contributed by atoms with van der Waals surface area (Å²) in [4.78, 5) is 10.2. The third-order valence-electron chi connectivity index (χ3n) is 1.99. The van der Waals surface area contributed by atoms with Crippen LogP contribution in [0.5, 0.6) is 0 Å². The summed E-state index contributed by atoms with van der Waals surface area (Å²) in [5.41, 5.74) is -0.783. The maximum atomic E-state index is 10.2. The zero-order valence-electron chi connectivity index (χ0n) is 8.21. The van der Waals surface area contributed by atoms with E-state index in [0.717, 1.165) is 4.68 Å². The number of nitrogens with zero attached hydrogens (tertiary/aromatic N) is 3. The molecule has 1 N–H and O–H groups in total. The van der Waals surface area contributed by atoms with Crippen molar-refractivity contribution < 1.29 is 49.3 Å². The van der Waals surface area contributed by atoms with Crippen molar-refractivity contribution in [3.63, 3.8) is 0 Å². The molecular weight excluding hydrogens is 213 g/mol. The zero-order valence-corrected chi connectivity index (χ0v) is 10.2. The van der Waals surface area contributed by atoms with Gasteiger partial charge in [0.25, 0.3) is 0 Å². The van der Waals surface area contributed by atoms with Crippen LogP contribution in [0.15, 0.2) is 6.20 Å². The molecule has 0 amide bonds. The Morgan fingerprint density at radius 2 is 2.40 bits per heavy atom. The molecule has 0 saturated carbocycles. The van der Waals surface area contributed by atoms with Crippen LogP contribution < -0.4 is 34.7 Å². The number of carbonyl (C=O) groups excluding carboxylic acids is 1. The van der Waals surface area contributed by atoms with Crippen molar-refractivity contribution in [3.8, 4) is 0 Å². The summed E-state index contributed by atoms with van der Waals surface area (Å²) in [6, 6.07) is 0. The van der Waals surface area contributed by atoms with E-state index in [4.69, 9.17) is 4.74 Å². The van der Waals surface area contributed by atoms with Crippen molar-refractivity contribution >= 4 is 5.97 Å². The second-order valence-electron chi connectivity index (χ2n) is 3.20. The number of hydrogen-bond acceptors (Lipinski definition) is 6. The van der Waals surface area contributed by atoms with E-state index in [1.54, 1.807) is 0 Å². The number of carbonyl (C=O) groups is 1. The van der Waals surface area contributed by atoms with Crippen molar-refractivity contribution in [1.82, 2.24) is 15.0 Å². The molecule has 8 heteroatoms. The Hall–Kier alpha value is -0.470. The van der Waals surface area contributed by atoms with Gasteiger partial charge < -0.3 is 19.7 Å². The van der Waals surface area contributed by atoms with Crippen LogP contribution >= 0.6 is 0 Å². The van der Waals surface area contributed by atoms with E-state index in [1.807, 2.05) is 0 Å². The van der Waals surface area contributed by atoms with Crippen LogP contribution in [0.25, 0.3) is 0 Å². The van der Waals surface area contributed by atoms with Gasteiger partial charge in [-0.2, -0.15) is 0 Å². The van der Waals surface area contributed by atoms with E-state index in [0.29, 0.717) is 5.69 Å². The molecule has 76 valence electrons. The number of aliphatic hydroxyl groups is 1. The number of aromatic nitrogens is 3. The van der Waals surface area contributed by atoms with Crippen LogP contribution in [-0.2, 0) is 21.7 Å². The zero-order chi connectivity index (χ0) is 10.2. The minimum Gasteiger partial charge on any atom is -0.548 e. The normalized spacial score (nSPS) is 17.7. The molecule has 0 aliphatic carbocycles. The van der Waals surface area contributed by atoms with Gasteiger partial charge in [-0.15, -0.1) is 5.10 Å². The van der Waals surface area contributed by atoms with E-state index in [-0.39, 0.29) is 49.3 Å². The topological polar surface area (TPSA) is 100 Å². The minimum atomic E-state index is -1.25. The Morgan fingerprint density at radius 3 is 2.87 bits per heavy atom. The number of aliphatic carboxylic acids is 1. The van der Waals surface area contributed by atoms with Gasteiger partial charge in [0.05, 0.1) is 31.9 Å². The van der Waals surface area contributed by atoms with Gasteiger partial charge in [-0.05, 0) is 0 Å². The van der Waals surface area contributed by atoms with Crippen LogP contribution in [0.2, 0.25) is 0 Å². The Balaban J connectivity index is 0.00000112. The molecular formula is C7H8N3NaO4. The molecule has 1 aliphatic rings. The standard InChI is InChI=1S/C7H9N3O4.Na/c11-6(12)2-10-1-5(8-9-10)7(13)3-14-4-7;/h1,13H,2-4H2,(H,11,12);/q;+1/p-1. The quantitative estimate of drug-likeness (QED) is 0.510. The third-order valence-corrected chi connectivity index (χ3v) is 1.99. The first kappa shape index (κ1) is 12.6. The van der Waals surface area contributed by atoms with Gasteiger partial charge in [-0.1, -0.05) is 5.21 Å². The number of hydrogen-bond donors (Lipinski definition) is 1. The number of rotatable bonds is 3. The summed E-state index contributed by atoms with van der Waals surface area (Å²) in [5.74, 6) is -1.25. The van der Waals surface area contributed by atoms with Gasteiger partial charge in [0.15, 0.2) is 5.60 Å². The molecule has 0 aromatic carbocycles. The average Bonchev–Trinajstić information content (AvgIpc) is 2.47. The van der Waals surface area contributed by atoms with Crippen LogP contribution in [0, 0.1) is 0 Å². The molecule has 2 heterocycles. The van der Waals surface area contributed by atoms with E-state index in [2.05, 4.69) is 10.3 Å². The molecule has 15 heavy (non-hydrogen) atoms. The van der Waals surface area contributed by atoms with Crippen molar-refractivity contribution in [1.29, 1.82) is 0 Å². The molecule has 1 saturated heterocycles. The first-order valence-corrected chi connectivity index (χ1v) is 4.01. The van der Waals surface area contributed by atoms with Crippen LogP contribution in [0.3, 0.4) is 0 Å². The van der Waals surface area contributed by atoms with Gasteiger partial charge in [0, 0.05) is 0 Å². The molecule has 2 rings (SSSR count). The monoisotopic (exact) mass is 221 g/mol. The maximum Gasteiger partial charge on any atom is 1.00 e. The van der Waals surface area contributed by atoms with Crippen molar-refractivity contribution in [2.75, 3.05) is 13.2 Å². The molecule has 1 aromatic heterocycles. The van der Waals surface area contributed by atoms with E-state index in [9.17, 15) is 15.0 Å². The van der Waals surface area contributed by atoms with Gasteiger partial charge in [0.2, 0.25) is 0 Å².